The molecule has 2 aromatic carbocycles. The predicted molar refractivity (Wildman–Crippen MR) is 113 cm³/mol. The van der Waals surface area contributed by atoms with Crippen LogP contribution in [0.1, 0.15) is 18.9 Å². The molecule has 28 heavy (non-hydrogen) atoms. The molecule has 144 valence electrons. The van der Waals surface area contributed by atoms with Gasteiger partial charge in [0.15, 0.2) is 0 Å². The van der Waals surface area contributed by atoms with Crippen LogP contribution in [0, 0.1) is 0 Å². The van der Waals surface area contributed by atoms with Crippen LogP contribution in [0.4, 0.5) is 11.6 Å². The van der Waals surface area contributed by atoms with E-state index in [0.29, 0.717) is 16.7 Å². The summed E-state index contributed by atoms with van der Waals surface area (Å²) >= 11 is 12.5. The highest BCUT2D eigenvalue weighted by Crippen LogP contribution is 2.38. The smallest absolute Gasteiger partial charge is 0.330 e. The molecule has 0 saturated carbocycles. The third-order valence-electron chi connectivity index (χ3n) is 4.67. The SMILES string of the molecule is CCOC(=O)C=Cc1cccc2nc3n(c12)CCCN3c1ccc(Cl)cc1Cl. The van der Waals surface area contributed by atoms with Gasteiger partial charge in [-0.3, -0.25) is 0 Å². The fourth-order valence-corrected chi connectivity index (χ4v) is 4.03. The minimum atomic E-state index is -0.354. The molecule has 0 spiro atoms. The third kappa shape index (κ3) is 3.48. The van der Waals surface area contributed by atoms with E-state index in [-0.39, 0.29) is 5.97 Å². The zero-order valence-electron chi connectivity index (χ0n) is 15.4. The van der Waals surface area contributed by atoms with Crippen molar-refractivity contribution in [1.29, 1.82) is 0 Å². The van der Waals surface area contributed by atoms with Crippen LogP contribution in [0.15, 0.2) is 42.5 Å². The number of nitrogens with zero attached hydrogens (tertiary/aromatic N) is 3. The summed E-state index contributed by atoms with van der Waals surface area (Å²) in [6.07, 6.45) is 4.19. The van der Waals surface area contributed by atoms with Gasteiger partial charge in [-0.05, 0) is 43.7 Å². The van der Waals surface area contributed by atoms with Crippen molar-refractivity contribution < 1.29 is 9.53 Å². The number of para-hydroxylation sites is 1. The summed E-state index contributed by atoms with van der Waals surface area (Å²) in [6.45, 7) is 3.80. The van der Waals surface area contributed by atoms with Gasteiger partial charge in [0.25, 0.3) is 0 Å². The van der Waals surface area contributed by atoms with E-state index in [1.165, 1.54) is 6.08 Å². The summed E-state index contributed by atoms with van der Waals surface area (Å²) in [7, 11) is 0. The van der Waals surface area contributed by atoms with Gasteiger partial charge in [0, 0.05) is 29.8 Å². The van der Waals surface area contributed by atoms with Gasteiger partial charge in [0.1, 0.15) is 0 Å². The van der Waals surface area contributed by atoms with Gasteiger partial charge in [-0.2, -0.15) is 0 Å². The van der Waals surface area contributed by atoms with Crippen molar-refractivity contribution in [2.24, 2.45) is 0 Å². The molecule has 0 unspecified atom stereocenters. The average molecular weight is 416 g/mol. The van der Waals surface area contributed by atoms with Crippen molar-refractivity contribution in [3.05, 3.63) is 58.1 Å². The van der Waals surface area contributed by atoms with E-state index in [4.69, 9.17) is 32.9 Å². The number of aryl methyl sites for hydroxylation is 1. The van der Waals surface area contributed by atoms with Crippen LogP contribution in [0.25, 0.3) is 17.1 Å². The van der Waals surface area contributed by atoms with E-state index in [1.807, 2.05) is 30.3 Å². The Morgan fingerprint density at radius 1 is 1.25 bits per heavy atom. The first-order chi connectivity index (χ1) is 13.6. The summed E-state index contributed by atoms with van der Waals surface area (Å²) in [4.78, 5) is 18.7. The zero-order valence-corrected chi connectivity index (χ0v) is 16.9. The minimum absolute atomic E-state index is 0.353. The molecular weight excluding hydrogens is 397 g/mol. The van der Waals surface area contributed by atoms with Gasteiger partial charge in [-0.25, -0.2) is 9.78 Å². The Hall–Kier alpha value is -2.50. The maximum atomic E-state index is 11.7. The number of rotatable bonds is 4. The second kappa shape index (κ2) is 7.86. The van der Waals surface area contributed by atoms with Gasteiger partial charge < -0.3 is 14.2 Å². The second-order valence-electron chi connectivity index (χ2n) is 6.46. The van der Waals surface area contributed by atoms with Crippen LogP contribution in [-0.4, -0.2) is 28.7 Å². The predicted octanol–water partition coefficient (Wildman–Crippen LogP) is 5.46. The lowest BCUT2D eigenvalue weighted by Crippen LogP contribution is -2.28. The number of aromatic nitrogens is 2. The molecule has 5 nitrogen and oxygen atoms in total. The van der Waals surface area contributed by atoms with Crippen LogP contribution >= 0.6 is 23.2 Å². The molecule has 0 fully saturated rings. The molecule has 0 bridgehead atoms. The summed E-state index contributed by atoms with van der Waals surface area (Å²) in [6, 6.07) is 11.4. The van der Waals surface area contributed by atoms with Crippen LogP contribution in [0.3, 0.4) is 0 Å². The molecule has 1 aromatic heterocycles. The average Bonchev–Trinajstić information content (AvgIpc) is 3.06. The van der Waals surface area contributed by atoms with Crippen molar-refractivity contribution >= 4 is 57.9 Å². The fourth-order valence-electron chi connectivity index (χ4n) is 3.52. The van der Waals surface area contributed by atoms with Crippen LogP contribution in [0.5, 0.6) is 0 Å². The molecule has 0 N–H and O–H groups in total. The van der Waals surface area contributed by atoms with Crippen molar-refractivity contribution in [3.8, 4) is 0 Å². The fraction of sp³-hybridized carbons (Fsp3) is 0.238. The first-order valence-corrected chi connectivity index (χ1v) is 9.90. The van der Waals surface area contributed by atoms with E-state index < -0.39 is 0 Å². The van der Waals surface area contributed by atoms with Gasteiger partial charge in [-0.15, -0.1) is 0 Å². The Morgan fingerprint density at radius 2 is 2.11 bits per heavy atom. The van der Waals surface area contributed by atoms with Crippen molar-refractivity contribution in [2.45, 2.75) is 19.9 Å². The lowest BCUT2D eigenvalue weighted by molar-refractivity contribution is -0.137. The highest BCUT2D eigenvalue weighted by molar-refractivity contribution is 6.36. The van der Waals surface area contributed by atoms with E-state index in [1.54, 1.807) is 19.1 Å². The first kappa shape index (κ1) is 18.8. The zero-order chi connectivity index (χ0) is 19.7. The van der Waals surface area contributed by atoms with E-state index in [0.717, 1.165) is 47.7 Å². The molecule has 7 heteroatoms. The standard InChI is InChI=1S/C21H19Cl2N3O2/c1-2-28-19(27)10-7-14-5-3-6-17-20(14)26-12-4-11-25(21(26)24-17)18-9-8-15(22)13-16(18)23/h3,5-10,13H,2,4,11-12H2,1H3. The van der Waals surface area contributed by atoms with Crippen molar-refractivity contribution in [3.63, 3.8) is 0 Å². The Kier molecular flexibility index (Phi) is 5.29. The largest absolute Gasteiger partial charge is 0.463 e. The molecule has 2 heterocycles. The third-order valence-corrected chi connectivity index (χ3v) is 5.21. The summed E-state index contributed by atoms with van der Waals surface area (Å²) < 4.78 is 7.16. The maximum absolute atomic E-state index is 11.7. The number of anilines is 2. The number of hydrogen-bond donors (Lipinski definition) is 0. The molecule has 0 atom stereocenters. The number of carbonyl (C=O) groups excluding carboxylic acids is 1. The number of fused-ring (bicyclic) bond motifs is 3. The molecule has 3 aromatic rings. The molecule has 0 amide bonds. The lowest BCUT2D eigenvalue weighted by Gasteiger charge is -2.30. The number of carbonyl (C=O) groups is 1. The number of ether oxygens (including phenoxy) is 1. The molecule has 1 aliphatic heterocycles. The topological polar surface area (TPSA) is 47.4 Å². The number of halogens is 2. The van der Waals surface area contributed by atoms with Crippen molar-refractivity contribution in [2.75, 3.05) is 18.1 Å². The van der Waals surface area contributed by atoms with Crippen LogP contribution < -0.4 is 4.90 Å². The molecule has 4 rings (SSSR count). The second-order valence-corrected chi connectivity index (χ2v) is 7.31. The highest BCUT2D eigenvalue weighted by Gasteiger charge is 2.25. The van der Waals surface area contributed by atoms with E-state index in [9.17, 15) is 4.79 Å². The maximum Gasteiger partial charge on any atom is 0.330 e. The highest BCUT2D eigenvalue weighted by atomic mass is 35.5. The summed E-state index contributed by atoms with van der Waals surface area (Å²) in [5, 5.41) is 1.20. The Bertz CT molecular complexity index is 1070. The van der Waals surface area contributed by atoms with Gasteiger partial charge in [0.05, 0.1) is 28.4 Å². The molecule has 0 saturated heterocycles. The number of esters is 1. The van der Waals surface area contributed by atoms with Crippen LogP contribution in [0.2, 0.25) is 10.0 Å². The molecule has 1 aliphatic rings. The monoisotopic (exact) mass is 415 g/mol. The Balaban J connectivity index is 1.80. The van der Waals surface area contributed by atoms with Gasteiger partial charge in [0.2, 0.25) is 5.95 Å². The molecule has 0 aliphatic carbocycles. The number of imidazole rings is 1. The van der Waals surface area contributed by atoms with Gasteiger partial charge in [-0.1, -0.05) is 35.3 Å². The van der Waals surface area contributed by atoms with Crippen LogP contribution in [-0.2, 0) is 16.1 Å². The normalized spacial score (nSPS) is 13.9. The first-order valence-electron chi connectivity index (χ1n) is 9.15. The molecular formula is C21H19Cl2N3O2. The summed E-state index contributed by atoms with van der Waals surface area (Å²) in [5.74, 6) is 0.481. The number of hydrogen-bond acceptors (Lipinski definition) is 4. The number of benzene rings is 2. The quantitative estimate of drug-likeness (QED) is 0.419. The van der Waals surface area contributed by atoms with E-state index >= 15 is 0 Å². The van der Waals surface area contributed by atoms with E-state index in [2.05, 4.69) is 9.47 Å². The Morgan fingerprint density at radius 3 is 2.89 bits per heavy atom. The van der Waals surface area contributed by atoms with Crippen molar-refractivity contribution in [1.82, 2.24) is 9.55 Å². The Labute approximate surface area is 173 Å². The lowest BCUT2D eigenvalue weighted by atomic mass is 10.1. The minimum Gasteiger partial charge on any atom is -0.463 e. The molecule has 0 radical (unpaired) electrons. The summed E-state index contributed by atoms with van der Waals surface area (Å²) in [5.41, 5.74) is 3.67. The van der Waals surface area contributed by atoms with Gasteiger partial charge >= 0.3 is 5.97 Å².